The van der Waals surface area contributed by atoms with E-state index in [1.54, 1.807) is 24.3 Å². The van der Waals surface area contributed by atoms with Crippen molar-refractivity contribution in [1.29, 1.82) is 0 Å². The molecule has 0 aliphatic rings. The van der Waals surface area contributed by atoms with Gasteiger partial charge in [0, 0.05) is 37.2 Å². The number of hydrogen-bond donors (Lipinski definition) is 3. The number of aromatic nitrogens is 2. The molecule has 244 valence electrons. The topological polar surface area (TPSA) is 128 Å². The van der Waals surface area contributed by atoms with Gasteiger partial charge in [0.1, 0.15) is 5.82 Å². The van der Waals surface area contributed by atoms with E-state index >= 15 is 0 Å². The maximum Gasteiger partial charge on any atom is 0.239 e. The van der Waals surface area contributed by atoms with Gasteiger partial charge in [0.2, 0.25) is 11.8 Å². The molecule has 4 aromatic rings. The van der Waals surface area contributed by atoms with Crippen molar-refractivity contribution in [3.63, 3.8) is 0 Å². The van der Waals surface area contributed by atoms with Crippen molar-refractivity contribution in [3.8, 4) is 11.1 Å². The summed E-state index contributed by atoms with van der Waals surface area (Å²) in [4.78, 5) is 30.5. The van der Waals surface area contributed by atoms with E-state index in [0.717, 1.165) is 40.5 Å². The van der Waals surface area contributed by atoms with Crippen LogP contribution in [0.25, 0.3) is 11.1 Å². The van der Waals surface area contributed by atoms with E-state index in [2.05, 4.69) is 29.9 Å². The highest BCUT2D eigenvalue weighted by molar-refractivity contribution is 7.81. The summed E-state index contributed by atoms with van der Waals surface area (Å²) in [6.45, 7) is 2.31. The number of anilines is 1. The summed E-state index contributed by atoms with van der Waals surface area (Å²) in [6, 6.07) is 23.9. The maximum absolute atomic E-state index is 13.2. The Balaban J connectivity index is 1.47. The second kappa shape index (κ2) is 17.4. The first-order valence-corrected chi connectivity index (χ1v) is 17.2. The maximum atomic E-state index is 13.2. The van der Waals surface area contributed by atoms with E-state index in [1.807, 2.05) is 59.2 Å². The van der Waals surface area contributed by atoms with Crippen molar-refractivity contribution < 1.29 is 23.5 Å². The van der Waals surface area contributed by atoms with Crippen molar-refractivity contribution in [1.82, 2.24) is 14.9 Å². The normalized spacial score (nSPS) is 12.5. The summed E-state index contributed by atoms with van der Waals surface area (Å²) in [6.07, 6.45) is 2.98. The van der Waals surface area contributed by atoms with Crippen LogP contribution in [0.15, 0.2) is 78.9 Å². The molecular weight excluding hydrogens is 644 g/mol. The zero-order valence-corrected chi connectivity index (χ0v) is 28.1. The summed E-state index contributed by atoms with van der Waals surface area (Å²) >= 11 is 7.72. The Labute approximate surface area is 282 Å². The molecule has 3 aromatic carbocycles. The molecule has 46 heavy (non-hydrogen) atoms. The number of carbonyl (C=O) groups is 2. The van der Waals surface area contributed by atoms with Gasteiger partial charge in [0.15, 0.2) is 5.15 Å². The summed E-state index contributed by atoms with van der Waals surface area (Å²) < 4.78 is 27.4. The molecule has 0 bridgehead atoms. The SMILES string of the molecule is CCCCc1nc(Cl)c(CO)n1Cc1ccc(-c2ccccc2N(C(=O)CCNC(=O)C(CS)Cc2ccccc2)S(=O)[O-])cc1. The molecule has 0 saturated carbocycles. The minimum Gasteiger partial charge on any atom is -0.755 e. The van der Waals surface area contributed by atoms with Gasteiger partial charge in [-0.3, -0.25) is 13.8 Å². The first kappa shape index (κ1) is 35.4. The third-order valence-corrected chi connectivity index (χ3v) is 9.11. The molecule has 4 rings (SSSR count). The van der Waals surface area contributed by atoms with Crippen LogP contribution in [0, 0.1) is 5.92 Å². The molecule has 0 radical (unpaired) electrons. The fourth-order valence-electron chi connectivity index (χ4n) is 5.21. The van der Waals surface area contributed by atoms with Crippen molar-refractivity contribution in [3.05, 3.63) is 107 Å². The Morgan fingerprint density at radius 2 is 1.76 bits per heavy atom. The van der Waals surface area contributed by atoms with Crippen LogP contribution < -0.4 is 9.62 Å². The number of unbranched alkanes of at least 4 members (excludes halogenated alkanes) is 1. The number of imidazole rings is 1. The summed E-state index contributed by atoms with van der Waals surface area (Å²) in [7, 11) is 0. The lowest BCUT2D eigenvalue weighted by molar-refractivity contribution is -0.124. The number of aryl methyl sites for hydroxylation is 1. The van der Waals surface area contributed by atoms with Crippen molar-refractivity contribution in [2.75, 3.05) is 16.6 Å². The number of nitrogens with one attached hydrogen (secondary N) is 1. The zero-order valence-electron chi connectivity index (χ0n) is 25.6. The molecule has 12 heteroatoms. The van der Waals surface area contributed by atoms with Gasteiger partial charge in [-0.25, -0.2) is 9.29 Å². The molecular formula is C34H38ClN4O5S2-. The van der Waals surface area contributed by atoms with Crippen LogP contribution in [0.5, 0.6) is 0 Å². The Hall–Kier alpha value is -3.48. The predicted octanol–water partition coefficient (Wildman–Crippen LogP) is 5.51. The molecule has 1 heterocycles. The Bertz CT molecular complexity index is 1630. The molecule has 0 fully saturated rings. The first-order valence-electron chi connectivity index (χ1n) is 15.1. The van der Waals surface area contributed by atoms with E-state index in [9.17, 15) is 23.5 Å². The molecule has 2 N–H and O–H groups in total. The lowest BCUT2D eigenvalue weighted by Crippen LogP contribution is -2.38. The largest absolute Gasteiger partial charge is 0.755 e. The predicted molar refractivity (Wildman–Crippen MR) is 184 cm³/mol. The number of aliphatic hydroxyl groups is 1. The quantitative estimate of drug-likeness (QED) is 0.106. The van der Waals surface area contributed by atoms with Crippen LogP contribution in [0.3, 0.4) is 0 Å². The first-order chi connectivity index (χ1) is 22.3. The van der Waals surface area contributed by atoms with Gasteiger partial charge >= 0.3 is 0 Å². The molecule has 0 aliphatic carbocycles. The lowest BCUT2D eigenvalue weighted by atomic mass is 10.0. The van der Waals surface area contributed by atoms with Crippen molar-refractivity contribution in [2.24, 2.45) is 5.92 Å². The smallest absolute Gasteiger partial charge is 0.239 e. The van der Waals surface area contributed by atoms with Crippen molar-refractivity contribution in [2.45, 2.75) is 52.2 Å². The molecule has 0 spiro atoms. The number of para-hydroxylation sites is 1. The van der Waals surface area contributed by atoms with Gasteiger partial charge in [0.25, 0.3) is 0 Å². The average molecular weight is 682 g/mol. The number of nitrogens with zero attached hydrogens (tertiary/aromatic N) is 3. The highest BCUT2D eigenvalue weighted by atomic mass is 35.5. The van der Waals surface area contributed by atoms with Gasteiger partial charge in [-0.05, 0) is 35.6 Å². The van der Waals surface area contributed by atoms with Crippen LogP contribution in [0.2, 0.25) is 5.15 Å². The van der Waals surface area contributed by atoms with Crippen LogP contribution in [-0.4, -0.2) is 47.5 Å². The number of benzene rings is 3. The molecule has 2 unspecified atom stereocenters. The Morgan fingerprint density at radius 3 is 2.41 bits per heavy atom. The zero-order chi connectivity index (χ0) is 33.1. The number of aliphatic hydroxyl groups excluding tert-OH is 1. The third-order valence-electron chi connectivity index (χ3n) is 7.66. The van der Waals surface area contributed by atoms with Crippen molar-refractivity contribution >= 4 is 53.0 Å². The Kier molecular flexibility index (Phi) is 13.4. The summed E-state index contributed by atoms with van der Waals surface area (Å²) in [5.74, 6) is -0.167. The third kappa shape index (κ3) is 9.07. The number of amides is 2. The van der Waals surface area contributed by atoms with E-state index in [1.165, 1.54) is 0 Å². The molecule has 1 aromatic heterocycles. The molecule has 9 nitrogen and oxygen atoms in total. The van der Waals surface area contributed by atoms with Gasteiger partial charge < -0.3 is 19.5 Å². The van der Waals surface area contributed by atoms with Crippen LogP contribution in [0.1, 0.15) is 48.8 Å². The van der Waals surface area contributed by atoms with Gasteiger partial charge in [-0.1, -0.05) is 97.7 Å². The highest BCUT2D eigenvalue weighted by Gasteiger charge is 2.22. The van der Waals surface area contributed by atoms with Gasteiger partial charge in [0.05, 0.1) is 35.2 Å². The van der Waals surface area contributed by atoms with E-state index < -0.39 is 23.1 Å². The number of hydrogen-bond acceptors (Lipinski definition) is 7. The fourth-order valence-corrected chi connectivity index (χ4v) is 6.34. The standard InChI is InChI=1S/C34H39ClN4O5S2/c1-2-3-13-31-37-33(35)30(22-40)38(31)21-25-14-16-26(17-15-25)28-11-7-8-12-29(28)39(46(43)44)32(41)18-19-36-34(42)27(23-45)20-24-9-5-4-6-10-24/h4-12,14-17,27,40,45H,2-3,13,18-23H2,1H3,(H,36,42)(H,43,44)/p-1. The summed E-state index contributed by atoms with van der Waals surface area (Å²) in [5, 5.41) is 13.0. The fraction of sp³-hybridized carbons (Fsp3) is 0.324. The van der Waals surface area contributed by atoms with Gasteiger partial charge in [-0.2, -0.15) is 12.6 Å². The van der Waals surface area contributed by atoms with E-state index in [0.29, 0.717) is 40.7 Å². The van der Waals surface area contributed by atoms with Crippen LogP contribution in [-0.2, 0) is 46.8 Å². The second-order valence-corrected chi connectivity index (χ2v) is 12.4. The van der Waals surface area contributed by atoms with Gasteiger partial charge in [-0.15, -0.1) is 0 Å². The second-order valence-electron chi connectivity index (χ2n) is 10.8. The lowest BCUT2D eigenvalue weighted by Gasteiger charge is -2.27. The number of halogens is 1. The van der Waals surface area contributed by atoms with Crippen LogP contribution in [0.4, 0.5) is 5.69 Å². The molecule has 2 amide bonds. The Morgan fingerprint density at radius 1 is 1.07 bits per heavy atom. The summed E-state index contributed by atoms with van der Waals surface area (Å²) in [5.41, 5.74) is 3.98. The monoisotopic (exact) mass is 681 g/mol. The van der Waals surface area contributed by atoms with Crippen LogP contribution >= 0.6 is 24.2 Å². The van der Waals surface area contributed by atoms with E-state index in [4.69, 9.17) is 11.6 Å². The molecule has 0 saturated heterocycles. The molecule has 2 atom stereocenters. The highest BCUT2D eigenvalue weighted by Crippen LogP contribution is 2.32. The minimum atomic E-state index is -2.90. The number of thiol groups is 1. The number of rotatable bonds is 16. The number of carbonyl (C=O) groups excluding carboxylic acids is 2. The van der Waals surface area contributed by atoms with E-state index in [-0.39, 0.29) is 31.2 Å². The minimum absolute atomic E-state index is 0.0182. The molecule has 0 aliphatic heterocycles. The average Bonchev–Trinajstić information content (AvgIpc) is 3.36.